The van der Waals surface area contributed by atoms with E-state index in [9.17, 15) is 18.5 Å². The first-order chi connectivity index (χ1) is 10.4. The monoisotopic (exact) mass is 319 g/mol. The Kier molecular flexibility index (Phi) is 4.57. The summed E-state index contributed by atoms with van der Waals surface area (Å²) in [6.45, 7) is 1.85. The Bertz CT molecular complexity index is 810. The number of nitro groups is 1. The van der Waals surface area contributed by atoms with Gasteiger partial charge in [0.15, 0.2) is 0 Å². The summed E-state index contributed by atoms with van der Waals surface area (Å²) in [5.74, 6) is 0.0890. The van der Waals surface area contributed by atoms with Gasteiger partial charge in [-0.15, -0.1) is 0 Å². The maximum atomic E-state index is 12.1. The van der Waals surface area contributed by atoms with Crippen LogP contribution in [0.3, 0.4) is 0 Å². The van der Waals surface area contributed by atoms with Gasteiger partial charge in [-0.1, -0.05) is 29.8 Å². The first-order valence-electron chi connectivity index (χ1n) is 6.30. The zero-order chi connectivity index (χ0) is 16.2. The molecule has 2 rings (SSSR count). The Morgan fingerprint density at radius 3 is 2.45 bits per heavy atom. The molecule has 0 bridgehead atoms. The molecule has 0 N–H and O–H groups in total. The Morgan fingerprint density at radius 2 is 1.82 bits per heavy atom. The van der Waals surface area contributed by atoms with Gasteiger partial charge in [-0.2, -0.15) is 8.42 Å². The standard InChI is InChI=1S/C15H13NO5S/c1-12-5-7-15(8-6-12)22(19,20)21-14-4-2-3-13(11-14)9-10-16(17)18/h2-11H,1H3/b10-9+. The van der Waals surface area contributed by atoms with E-state index in [0.29, 0.717) is 5.56 Å². The number of hydrogen-bond acceptors (Lipinski definition) is 5. The Labute approximate surface area is 127 Å². The van der Waals surface area contributed by atoms with Gasteiger partial charge in [-0.3, -0.25) is 10.1 Å². The minimum Gasteiger partial charge on any atom is -0.379 e. The average Bonchev–Trinajstić information content (AvgIpc) is 2.45. The minimum absolute atomic E-state index is 0.0457. The van der Waals surface area contributed by atoms with Crippen molar-refractivity contribution in [2.75, 3.05) is 0 Å². The van der Waals surface area contributed by atoms with Crippen LogP contribution in [-0.4, -0.2) is 13.3 Å². The second-order valence-electron chi connectivity index (χ2n) is 4.52. The number of aryl methyl sites for hydroxylation is 1. The third-order valence-corrected chi connectivity index (χ3v) is 4.02. The van der Waals surface area contributed by atoms with Gasteiger partial charge in [0.1, 0.15) is 10.6 Å². The van der Waals surface area contributed by atoms with Crippen molar-refractivity contribution >= 4 is 16.2 Å². The Morgan fingerprint density at radius 1 is 1.14 bits per heavy atom. The van der Waals surface area contributed by atoms with E-state index in [1.165, 1.54) is 30.3 Å². The number of benzene rings is 2. The number of rotatable bonds is 5. The van der Waals surface area contributed by atoms with Gasteiger partial charge in [-0.05, 0) is 36.8 Å². The van der Waals surface area contributed by atoms with Crippen molar-refractivity contribution in [3.05, 3.63) is 76.0 Å². The highest BCUT2D eigenvalue weighted by Crippen LogP contribution is 2.20. The van der Waals surface area contributed by atoms with Crippen molar-refractivity contribution in [3.63, 3.8) is 0 Å². The molecule has 7 heteroatoms. The van der Waals surface area contributed by atoms with E-state index in [1.807, 2.05) is 6.92 Å². The van der Waals surface area contributed by atoms with E-state index in [2.05, 4.69) is 0 Å². The number of hydrogen-bond donors (Lipinski definition) is 0. The molecule has 0 fully saturated rings. The largest absolute Gasteiger partial charge is 0.379 e. The highest BCUT2D eigenvalue weighted by molar-refractivity contribution is 7.87. The molecule has 22 heavy (non-hydrogen) atoms. The molecular weight excluding hydrogens is 306 g/mol. The molecule has 2 aromatic carbocycles. The van der Waals surface area contributed by atoms with Gasteiger partial charge in [0.2, 0.25) is 6.20 Å². The molecule has 0 saturated heterocycles. The predicted octanol–water partition coefficient (Wildman–Crippen LogP) is 3.01. The highest BCUT2D eigenvalue weighted by Gasteiger charge is 2.16. The van der Waals surface area contributed by atoms with Gasteiger partial charge >= 0.3 is 10.1 Å². The molecule has 0 aliphatic carbocycles. The van der Waals surface area contributed by atoms with Crippen LogP contribution in [-0.2, 0) is 10.1 Å². The molecule has 0 saturated carbocycles. The molecule has 0 radical (unpaired) electrons. The van der Waals surface area contributed by atoms with Crippen molar-refractivity contribution in [1.29, 1.82) is 0 Å². The molecule has 0 aliphatic heterocycles. The molecule has 0 spiro atoms. The first kappa shape index (κ1) is 15.7. The molecule has 0 heterocycles. The third-order valence-electron chi connectivity index (χ3n) is 2.76. The fraction of sp³-hybridized carbons (Fsp3) is 0.0667. The summed E-state index contributed by atoms with van der Waals surface area (Å²) in [5.41, 5.74) is 1.40. The molecule has 0 amide bonds. The SMILES string of the molecule is Cc1ccc(S(=O)(=O)Oc2cccc(/C=C/[N+](=O)[O-])c2)cc1. The zero-order valence-electron chi connectivity index (χ0n) is 11.7. The van der Waals surface area contributed by atoms with Crippen LogP contribution in [0.2, 0.25) is 0 Å². The quantitative estimate of drug-likeness (QED) is 0.480. The summed E-state index contributed by atoms with van der Waals surface area (Å²) in [7, 11) is -3.94. The van der Waals surface area contributed by atoms with Gasteiger partial charge < -0.3 is 4.18 Å². The molecular formula is C15H13NO5S. The van der Waals surface area contributed by atoms with Crippen molar-refractivity contribution in [2.24, 2.45) is 0 Å². The normalized spacial score (nSPS) is 11.5. The lowest BCUT2D eigenvalue weighted by molar-refractivity contribution is -0.400. The van der Waals surface area contributed by atoms with E-state index in [-0.39, 0.29) is 10.6 Å². The lowest BCUT2D eigenvalue weighted by atomic mass is 10.2. The molecule has 6 nitrogen and oxygen atoms in total. The summed E-state index contributed by atoms with van der Waals surface area (Å²) >= 11 is 0. The van der Waals surface area contributed by atoms with E-state index in [0.717, 1.165) is 11.8 Å². The lowest BCUT2D eigenvalue weighted by Gasteiger charge is -2.07. The van der Waals surface area contributed by atoms with Crippen molar-refractivity contribution in [2.45, 2.75) is 11.8 Å². The molecule has 0 aromatic heterocycles. The summed E-state index contributed by atoms with van der Waals surface area (Å²) < 4.78 is 29.3. The van der Waals surface area contributed by atoms with Crippen LogP contribution < -0.4 is 4.18 Å². The fourth-order valence-corrected chi connectivity index (χ4v) is 2.62. The van der Waals surface area contributed by atoms with Crippen LogP contribution in [0.4, 0.5) is 0 Å². The summed E-state index contributed by atoms with van der Waals surface area (Å²) in [5, 5.41) is 10.3. The molecule has 0 atom stereocenters. The maximum absolute atomic E-state index is 12.1. The Balaban J connectivity index is 2.24. The van der Waals surface area contributed by atoms with Gasteiger partial charge in [0.25, 0.3) is 0 Å². The highest BCUT2D eigenvalue weighted by atomic mass is 32.2. The van der Waals surface area contributed by atoms with Gasteiger partial charge in [0, 0.05) is 6.08 Å². The summed E-state index contributed by atoms with van der Waals surface area (Å²) in [6, 6.07) is 12.3. The predicted molar refractivity (Wildman–Crippen MR) is 81.5 cm³/mol. The molecule has 0 unspecified atom stereocenters. The summed E-state index contributed by atoms with van der Waals surface area (Å²) in [4.78, 5) is 9.74. The van der Waals surface area contributed by atoms with Crippen LogP contribution >= 0.6 is 0 Å². The van der Waals surface area contributed by atoms with Crippen molar-refractivity contribution in [1.82, 2.24) is 0 Å². The van der Waals surface area contributed by atoms with Crippen LogP contribution in [0.5, 0.6) is 5.75 Å². The van der Waals surface area contributed by atoms with Crippen LogP contribution in [0.15, 0.2) is 59.6 Å². The van der Waals surface area contributed by atoms with Crippen molar-refractivity contribution < 1.29 is 17.5 Å². The average molecular weight is 319 g/mol. The van der Waals surface area contributed by atoms with E-state index >= 15 is 0 Å². The van der Waals surface area contributed by atoms with Crippen molar-refractivity contribution in [3.8, 4) is 5.75 Å². The lowest BCUT2D eigenvalue weighted by Crippen LogP contribution is -2.09. The smallest absolute Gasteiger partial charge is 0.339 e. The first-order valence-corrected chi connectivity index (χ1v) is 7.70. The van der Waals surface area contributed by atoms with Crippen LogP contribution in [0.25, 0.3) is 6.08 Å². The fourth-order valence-electron chi connectivity index (χ4n) is 1.70. The van der Waals surface area contributed by atoms with Crippen LogP contribution in [0.1, 0.15) is 11.1 Å². The summed E-state index contributed by atoms with van der Waals surface area (Å²) in [6.07, 6.45) is 2.03. The molecule has 0 aliphatic rings. The Hall–Kier alpha value is -2.67. The van der Waals surface area contributed by atoms with Gasteiger partial charge in [0.05, 0.1) is 4.92 Å². The molecule has 114 valence electrons. The van der Waals surface area contributed by atoms with Crippen LogP contribution in [0, 0.1) is 17.0 Å². The third kappa shape index (κ3) is 4.16. The van der Waals surface area contributed by atoms with E-state index in [4.69, 9.17) is 4.18 Å². The van der Waals surface area contributed by atoms with E-state index < -0.39 is 15.0 Å². The maximum Gasteiger partial charge on any atom is 0.339 e. The minimum atomic E-state index is -3.94. The second kappa shape index (κ2) is 6.40. The topological polar surface area (TPSA) is 86.5 Å². The molecule has 2 aromatic rings. The van der Waals surface area contributed by atoms with Gasteiger partial charge in [-0.25, -0.2) is 0 Å². The number of nitrogens with zero attached hydrogens (tertiary/aromatic N) is 1. The van der Waals surface area contributed by atoms with E-state index in [1.54, 1.807) is 24.3 Å². The zero-order valence-corrected chi connectivity index (χ0v) is 12.5. The second-order valence-corrected chi connectivity index (χ2v) is 6.07.